The van der Waals surface area contributed by atoms with Crippen molar-refractivity contribution >= 4 is 29.0 Å². The van der Waals surface area contributed by atoms with Gasteiger partial charge < -0.3 is 5.32 Å². The van der Waals surface area contributed by atoms with E-state index in [1.807, 2.05) is 30.7 Å². The predicted octanol–water partition coefficient (Wildman–Crippen LogP) is 4.29. The van der Waals surface area contributed by atoms with Crippen molar-refractivity contribution in [1.29, 1.82) is 0 Å². The molecule has 24 heavy (non-hydrogen) atoms. The SMILES string of the molecule is CSc1ncc(C(=O)NC(C)c2cccs2)n1-c1ccc(F)cc1. The van der Waals surface area contributed by atoms with Crippen LogP contribution in [0, 0.1) is 5.82 Å². The third-order valence-electron chi connectivity index (χ3n) is 3.55. The van der Waals surface area contributed by atoms with Crippen molar-refractivity contribution in [3.63, 3.8) is 0 Å². The molecule has 0 fully saturated rings. The molecular formula is C17H16FN3OS2. The number of carbonyl (C=O) groups excluding carboxylic acids is 1. The number of aromatic nitrogens is 2. The van der Waals surface area contributed by atoms with Gasteiger partial charge in [0.1, 0.15) is 11.5 Å². The van der Waals surface area contributed by atoms with Crippen molar-refractivity contribution in [3.8, 4) is 5.69 Å². The van der Waals surface area contributed by atoms with Gasteiger partial charge in [0.05, 0.1) is 12.2 Å². The van der Waals surface area contributed by atoms with Crippen molar-refractivity contribution in [2.45, 2.75) is 18.1 Å². The molecule has 7 heteroatoms. The topological polar surface area (TPSA) is 46.9 Å². The molecule has 0 radical (unpaired) electrons. The molecule has 0 saturated heterocycles. The van der Waals surface area contributed by atoms with Gasteiger partial charge in [0.2, 0.25) is 0 Å². The Bertz CT molecular complexity index is 828. The molecule has 0 aliphatic carbocycles. The third kappa shape index (κ3) is 3.37. The number of thiophene rings is 1. The Kier molecular flexibility index (Phi) is 5.01. The molecule has 0 aliphatic rings. The normalized spacial score (nSPS) is 12.1. The quantitative estimate of drug-likeness (QED) is 0.690. The highest BCUT2D eigenvalue weighted by molar-refractivity contribution is 7.98. The summed E-state index contributed by atoms with van der Waals surface area (Å²) < 4.78 is 14.9. The van der Waals surface area contributed by atoms with Gasteiger partial charge in [-0.1, -0.05) is 17.8 Å². The Morgan fingerprint density at radius 1 is 1.33 bits per heavy atom. The largest absolute Gasteiger partial charge is 0.343 e. The third-order valence-corrected chi connectivity index (χ3v) is 5.26. The number of rotatable bonds is 5. The second-order valence-electron chi connectivity index (χ2n) is 5.15. The molecule has 0 bridgehead atoms. The summed E-state index contributed by atoms with van der Waals surface area (Å²) in [5.74, 6) is -0.532. The number of hydrogen-bond acceptors (Lipinski definition) is 4. The Morgan fingerprint density at radius 2 is 2.08 bits per heavy atom. The number of amides is 1. The summed E-state index contributed by atoms with van der Waals surface area (Å²) in [6.07, 6.45) is 3.43. The van der Waals surface area contributed by atoms with Crippen LogP contribution in [-0.4, -0.2) is 21.7 Å². The van der Waals surface area contributed by atoms with Crippen LogP contribution in [0.4, 0.5) is 4.39 Å². The van der Waals surface area contributed by atoms with Crippen molar-refractivity contribution < 1.29 is 9.18 Å². The molecule has 3 aromatic rings. The van der Waals surface area contributed by atoms with Gasteiger partial charge in [-0.3, -0.25) is 9.36 Å². The van der Waals surface area contributed by atoms with Crippen LogP contribution in [0.1, 0.15) is 28.3 Å². The van der Waals surface area contributed by atoms with E-state index in [4.69, 9.17) is 0 Å². The minimum Gasteiger partial charge on any atom is -0.343 e. The number of hydrogen-bond donors (Lipinski definition) is 1. The maximum Gasteiger partial charge on any atom is 0.270 e. The second kappa shape index (κ2) is 7.19. The van der Waals surface area contributed by atoms with Crippen molar-refractivity contribution in [2.75, 3.05) is 6.26 Å². The van der Waals surface area contributed by atoms with Crippen LogP contribution in [0.3, 0.4) is 0 Å². The lowest BCUT2D eigenvalue weighted by atomic mass is 10.2. The zero-order valence-corrected chi connectivity index (χ0v) is 14.8. The van der Waals surface area contributed by atoms with E-state index >= 15 is 0 Å². The molecule has 3 rings (SSSR count). The van der Waals surface area contributed by atoms with Gasteiger partial charge in [0, 0.05) is 10.6 Å². The smallest absolute Gasteiger partial charge is 0.270 e. The Morgan fingerprint density at radius 3 is 2.71 bits per heavy atom. The maximum atomic E-state index is 13.2. The molecule has 2 heterocycles. The zero-order valence-electron chi connectivity index (χ0n) is 13.2. The number of nitrogens with one attached hydrogen (secondary N) is 1. The Labute approximate surface area is 147 Å². The standard InChI is InChI=1S/C17H16FN3OS2/c1-11(15-4-3-9-24-15)20-16(22)14-10-19-17(23-2)21(14)13-7-5-12(18)6-8-13/h3-11H,1-2H3,(H,20,22). The van der Waals surface area contributed by atoms with E-state index in [-0.39, 0.29) is 17.8 Å². The molecule has 1 unspecified atom stereocenters. The van der Waals surface area contributed by atoms with Crippen molar-refractivity contribution in [3.05, 3.63) is 64.4 Å². The molecule has 1 amide bonds. The Hall–Kier alpha value is -2.12. The maximum absolute atomic E-state index is 13.2. The molecule has 0 aliphatic heterocycles. The van der Waals surface area contributed by atoms with Crippen LogP contribution in [0.25, 0.3) is 5.69 Å². The summed E-state index contributed by atoms with van der Waals surface area (Å²) in [5, 5.41) is 5.64. The van der Waals surface area contributed by atoms with Crippen LogP contribution >= 0.6 is 23.1 Å². The van der Waals surface area contributed by atoms with Gasteiger partial charge in [-0.2, -0.15) is 0 Å². The van der Waals surface area contributed by atoms with Crippen LogP contribution in [0.15, 0.2) is 53.1 Å². The highest BCUT2D eigenvalue weighted by atomic mass is 32.2. The van der Waals surface area contributed by atoms with E-state index in [1.54, 1.807) is 34.2 Å². The van der Waals surface area contributed by atoms with Crippen molar-refractivity contribution in [1.82, 2.24) is 14.9 Å². The highest BCUT2D eigenvalue weighted by Gasteiger charge is 2.20. The van der Waals surface area contributed by atoms with Gasteiger partial charge in [0.15, 0.2) is 5.16 Å². The zero-order chi connectivity index (χ0) is 17.1. The van der Waals surface area contributed by atoms with Gasteiger partial charge in [-0.25, -0.2) is 9.37 Å². The highest BCUT2D eigenvalue weighted by Crippen LogP contribution is 2.23. The van der Waals surface area contributed by atoms with Gasteiger partial charge >= 0.3 is 0 Å². The molecule has 2 aromatic heterocycles. The van der Waals surface area contributed by atoms with E-state index < -0.39 is 0 Å². The first-order chi connectivity index (χ1) is 11.6. The van der Waals surface area contributed by atoms with Gasteiger partial charge in [-0.05, 0) is 48.9 Å². The average molecular weight is 361 g/mol. The van der Waals surface area contributed by atoms with Crippen LogP contribution in [-0.2, 0) is 0 Å². The summed E-state index contributed by atoms with van der Waals surface area (Å²) in [6, 6.07) is 9.86. The minimum absolute atomic E-state index is 0.0909. The molecule has 1 aromatic carbocycles. The lowest BCUT2D eigenvalue weighted by molar-refractivity contribution is 0.0933. The van der Waals surface area contributed by atoms with Gasteiger partial charge in [-0.15, -0.1) is 11.3 Å². The molecule has 1 N–H and O–H groups in total. The van der Waals surface area contributed by atoms with Crippen LogP contribution in [0.5, 0.6) is 0 Å². The van der Waals surface area contributed by atoms with Crippen molar-refractivity contribution in [2.24, 2.45) is 0 Å². The van der Waals surface area contributed by atoms with E-state index in [1.165, 1.54) is 23.9 Å². The van der Waals surface area contributed by atoms with E-state index in [2.05, 4.69) is 10.3 Å². The molecular weight excluding hydrogens is 345 g/mol. The fraction of sp³-hybridized carbons (Fsp3) is 0.176. The van der Waals surface area contributed by atoms with E-state index in [9.17, 15) is 9.18 Å². The summed E-state index contributed by atoms with van der Waals surface area (Å²) in [5.41, 5.74) is 1.13. The predicted molar refractivity (Wildman–Crippen MR) is 95.5 cm³/mol. The first-order valence-electron chi connectivity index (χ1n) is 7.32. The van der Waals surface area contributed by atoms with Crippen LogP contribution < -0.4 is 5.32 Å². The summed E-state index contributed by atoms with van der Waals surface area (Å²) in [4.78, 5) is 18.1. The number of benzene rings is 1. The average Bonchev–Trinajstić information content (AvgIpc) is 3.25. The first kappa shape index (κ1) is 16.7. The summed E-state index contributed by atoms with van der Waals surface area (Å²) in [6.45, 7) is 1.94. The summed E-state index contributed by atoms with van der Waals surface area (Å²) >= 11 is 3.03. The number of halogens is 1. The molecule has 1 atom stereocenters. The summed E-state index contributed by atoms with van der Waals surface area (Å²) in [7, 11) is 0. The fourth-order valence-corrected chi connectivity index (χ4v) is 3.64. The molecule has 4 nitrogen and oxygen atoms in total. The lowest BCUT2D eigenvalue weighted by Crippen LogP contribution is -2.28. The molecule has 124 valence electrons. The monoisotopic (exact) mass is 361 g/mol. The van der Waals surface area contributed by atoms with E-state index in [0.29, 0.717) is 16.5 Å². The van der Waals surface area contributed by atoms with Crippen LogP contribution in [0.2, 0.25) is 0 Å². The molecule has 0 saturated carbocycles. The fourth-order valence-electron chi connectivity index (χ4n) is 2.36. The minimum atomic E-state index is -0.318. The number of carbonyl (C=O) groups is 1. The number of nitrogens with zero attached hydrogens (tertiary/aromatic N) is 2. The molecule has 0 spiro atoms. The Balaban J connectivity index is 1.92. The van der Waals surface area contributed by atoms with E-state index in [0.717, 1.165) is 4.88 Å². The first-order valence-corrected chi connectivity index (χ1v) is 9.42. The number of imidazole rings is 1. The number of thioether (sulfide) groups is 1. The second-order valence-corrected chi connectivity index (χ2v) is 6.91. The lowest BCUT2D eigenvalue weighted by Gasteiger charge is -2.14. The van der Waals surface area contributed by atoms with Gasteiger partial charge in [0.25, 0.3) is 5.91 Å².